The second-order valence-corrected chi connectivity index (χ2v) is 3.35. The van der Waals surface area contributed by atoms with E-state index in [2.05, 4.69) is 0 Å². The minimum absolute atomic E-state index is 0.151. The lowest BCUT2D eigenvalue weighted by atomic mass is 10.1. The number of benzene rings is 1. The highest BCUT2D eigenvalue weighted by atomic mass is 35.5. The number of halogens is 1. The summed E-state index contributed by atoms with van der Waals surface area (Å²) in [5, 5.41) is 32.2. The van der Waals surface area contributed by atoms with Crippen molar-refractivity contribution in [3.05, 3.63) is 65.2 Å². The summed E-state index contributed by atoms with van der Waals surface area (Å²) in [6.45, 7) is 0. The molecule has 0 fully saturated rings. The molecule has 9 nitrogen and oxygen atoms in total. The van der Waals surface area contributed by atoms with E-state index in [9.17, 15) is 30.3 Å². The van der Waals surface area contributed by atoms with E-state index in [-0.39, 0.29) is 5.02 Å². The van der Waals surface area contributed by atoms with Crippen molar-refractivity contribution < 1.29 is 14.8 Å². The molecule has 1 rings (SSSR count). The molecule has 1 aromatic rings. The van der Waals surface area contributed by atoms with E-state index in [0.29, 0.717) is 0 Å². The van der Waals surface area contributed by atoms with Gasteiger partial charge < -0.3 is 0 Å². The largest absolute Gasteiger partial charge is 0.728 e. The summed E-state index contributed by atoms with van der Waals surface area (Å²) in [5.41, 5.74) is -0.679. The van der Waals surface area contributed by atoms with Gasteiger partial charge in [-0.25, -0.2) is 0 Å². The van der Waals surface area contributed by atoms with E-state index >= 15 is 0 Å². The molecule has 0 saturated carbocycles. The molecule has 1 aromatic carbocycles. The van der Waals surface area contributed by atoms with Crippen molar-refractivity contribution >= 4 is 11.6 Å². The first-order valence-electron chi connectivity index (χ1n) is 4.03. The van der Waals surface area contributed by atoms with E-state index in [0.717, 1.165) is 24.3 Å². The second kappa shape index (κ2) is 4.29. The molecule has 0 radical (unpaired) electrons. The lowest BCUT2D eigenvalue weighted by Crippen LogP contribution is -2.50. The Morgan fingerprint density at radius 3 is 1.53 bits per heavy atom. The van der Waals surface area contributed by atoms with Gasteiger partial charge in [0.1, 0.15) is 0 Å². The Morgan fingerprint density at radius 2 is 1.24 bits per heavy atom. The molecular weight excluding hydrogens is 258 g/mol. The first-order valence-corrected chi connectivity index (χ1v) is 4.40. The van der Waals surface area contributed by atoms with Crippen molar-refractivity contribution in [2.45, 2.75) is 5.79 Å². The van der Waals surface area contributed by atoms with E-state index in [4.69, 9.17) is 11.6 Å². The van der Waals surface area contributed by atoms with Crippen molar-refractivity contribution in [2.24, 2.45) is 0 Å². The van der Waals surface area contributed by atoms with Crippen LogP contribution in [0.4, 0.5) is 0 Å². The van der Waals surface area contributed by atoms with Gasteiger partial charge in [-0.1, -0.05) is 11.6 Å². The van der Waals surface area contributed by atoms with Crippen LogP contribution in [0, 0.1) is 30.3 Å². The maximum atomic E-state index is 10.7. The minimum Gasteiger partial charge on any atom is -0.252 e. The molecule has 0 spiro atoms. The highest BCUT2D eigenvalue weighted by Crippen LogP contribution is 2.27. The molecule has 0 heterocycles. The number of nitro groups is 3. The molecule has 0 saturated heterocycles. The minimum atomic E-state index is -3.61. The standard InChI is InChI=1S/C7H4ClN3O6/c8-6-3-1-5(2-4-6)7(9(12)13,10(14)15)11(16)17/h1-4H. The Morgan fingerprint density at radius 1 is 0.882 bits per heavy atom. The van der Waals surface area contributed by atoms with Gasteiger partial charge in [-0.3, -0.25) is 30.3 Å². The fourth-order valence-electron chi connectivity index (χ4n) is 1.19. The molecule has 0 aliphatic heterocycles. The van der Waals surface area contributed by atoms with Crippen LogP contribution in [0.1, 0.15) is 5.56 Å². The van der Waals surface area contributed by atoms with Crippen molar-refractivity contribution in [2.75, 3.05) is 0 Å². The molecule has 0 aromatic heterocycles. The average molecular weight is 262 g/mol. The molecule has 90 valence electrons. The highest BCUT2D eigenvalue weighted by molar-refractivity contribution is 6.30. The van der Waals surface area contributed by atoms with Gasteiger partial charge in [0, 0.05) is 5.02 Å². The summed E-state index contributed by atoms with van der Waals surface area (Å²) in [7, 11) is 0. The maximum absolute atomic E-state index is 10.7. The van der Waals surface area contributed by atoms with Gasteiger partial charge in [0.15, 0.2) is 20.3 Å². The Hall–Kier alpha value is -2.29. The third-order valence-electron chi connectivity index (χ3n) is 2.00. The third-order valence-corrected chi connectivity index (χ3v) is 2.25. The van der Waals surface area contributed by atoms with Crippen LogP contribution in [0.2, 0.25) is 5.02 Å². The summed E-state index contributed by atoms with van der Waals surface area (Å²) in [4.78, 5) is 27.4. The zero-order chi connectivity index (χ0) is 13.2. The van der Waals surface area contributed by atoms with E-state index in [1.165, 1.54) is 0 Å². The molecule has 0 aliphatic carbocycles. The van der Waals surface area contributed by atoms with Gasteiger partial charge >= 0.3 is 5.79 Å². The summed E-state index contributed by atoms with van der Waals surface area (Å²) in [6.07, 6.45) is 0. The van der Waals surface area contributed by atoms with Crippen molar-refractivity contribution in [3.63, 3.8) is 0 Å². The molecular formula is C7H4ClN3O6. The smallest absolute Gasteiger partial charge is 0.252 e. The molecule has 17 heavy (non-hydrogen) atoms. The number of nitrogens with zero attached hydrogens (tertiary/aromatic N) is 3. The lowest BCUT2D eigenvalue weighted by Gasteiger charge is -2.08. The molecule has 0 aliphatic rings. The first kappa shape index (κ1) is 12.8. The molecule has 0 unspecified atom stereocenters. The summed E-state index contributed by atoms with van der Waals surface area (Å²) in [5.74, 6) is -3.61. The lowest BCUT2D eigenvalue weighted by molar-refractivity contribution is -0.986. The van der Waals surface area contributed by atoms with Gasteiger partial charge in [0.2, 0.25) is 0 Å². The zero-order valence-corrected chi connectivity index (χ0v) is 8.73. The number of rotatable bonds is 4. The monoisotopic (exact) mass is 261 g/mol. The Bertz CT molecular complexity index is 451. The van der Waals surface area contributed by atoms with Gasteiger partial charge in [-0.2, -0.15) is 0 Å². The third kappa shape index (κ3) is 1.87. The van der Waals surface area contributed by atoms with E-state index in [1.807, 2.05) is 0 Å². The van der Waals surface area contributed by atoms with Crippen LogP contribution < -0.4 is 0 Å². The topological polar surface area (TPSA) is 129 Å². The molecule has 0 atom stereocenters. The second-order valence-electron chi connectivity index (χ2n) is 2.91. The molecule has 0 N–H and O–H groups in total. The highest BCUT2D eigenvalue weighted by Gasteiger charge is 2.72. The predicted molar refractivity (Wildman–Crippen MR) is 54.1 cm³/mol. The average Bonchev–Trinajstić information content (AvgIpc) is 2.20. The van der Waals surface area contributed by atoms with Crippen LogP contribution in [0.25, 0.3) is 0 Å². The van der Waals surface area contributed by atoms with Gasteiger partial charge in [-0.15, -0.1) is 0 Å². The van der Waals surface area contributed by atoms with Crippen LogP contribution in [0.15, 0.2) is 24.3 Å². The summed E-state index contributed by atoms with van der Waals surface area (Å²) >= 11 is 5.49. The van der Waals surface area contributed by atoms with Crippen molar-refractivity contribution in [1.82, 2.24) is 0 Å². The first-order chi connectivity index (χ1) is 7.83. The van der Waals surface area contributed by atoms with Crippen molar-refractivity contribution in [3.8, 4) is 0 Å². The van der Waals surface area contributed by atoms with Gasteiger partial charge in [-0.05, 0) is 24.3 Å². The summed E-state index contributed by atoms with van der Waals surface area (Å²) < 4.78 is 0. The predicted octanol–water partition coefficient (Wildman–Crippen LogP) is 1.28. The Labute approximate surface area is 98.1 Å². The SMILES string of the molecule is O=[N+]([O-])C(c1ccc(Cl)cc1)([N+](=O)[O-])[N+](=O)[O-]. The zero-order valence-electron chi connectivity index (χ0n) is 7.98. The Balaban J connectivity index is 3.53. The van der Waals surface area contributed by atoms with Crippen molar-refractivity contribution in [1.29, 1.82) is 0 Å². The van der Waals surface area contributed by atoms with Crippen LogP contribution >= 0.6 is 11.6 Å². The molecule has 0 amide bonds. The van der Waals surface area contributed by atoms with Crippen LogP contribution in [0.5, 0.6) is 0 Å². The van der Waals surface area contributed by atoms with Gasteiger partial charge in [0.25, 0.3) is 0 Å². The number of hydrogen-bond acceptors (Lipinski definition) is 6. The molecule has 10 heteroatoms. The normalized spacial score (nSPS) is 10.9. The quantitative estimate of drug-likeness (QED) is 0.456. The van der Waals surface area contributed by atoms with Crippen LogP contribution in [0.3, 0.4) is 0 Å². The fourth-order valence-corrected chi connectivity index (χ4v) is 1.32. The fraction of sp³-hybridized carbons (Fsp3) is 0.143. The number of hydrogen-bond donors (Lipinski definition) is 0. The maximum Gasteiger partial charge on any atom is 0.728 e. The summed E-state index contributed by atoms with van der Waals surface area (Å²) in [6, 6.07) is 3.94. The molecule has 0 bridgehead atoms. The van der Waals surface area contributed by atoms with E-state index < -0.39 is 26.1 Å². The van der Waals surface area contributed by atoms with Gasteiger partial charge in [0.05, 0.1) is 0 Å². The van der Waals surface area contributed by atoms with E-state index in [1.54, 1.807) is 0 Å². The Kier molecular flexibility index (Phi) is 3.23. The van der Waals surface area contributed by atoms with Crippen LogP contribution in [-0.2, 0) is 5.79 Å². The van der Waals surface area contributed by atoms with Crippen LogP contribution in [-0.4, -0.2) is 14.8 Å².